The smallest absolute Gasteiger partial charge is 0.329 e. The highest BCUT2D eigenvalue weighted by Gasteiger charge is 2.04. The second-order valence-corrected chi connectivity index (χ2v) is 2.20. The fourth-order valence-corrected chi connectivity index (χ4v) is 0.913. The third-order valence-corrected chi connectivity index (χ3v) is 1.48. The van der Waals surface area contributed by atoms with Gasteiger partial charge in [-0.15, -0.1) is 0 Å². The van der Waals surface area contributed by atoms with E-state index in [1.165, 1.54) is 6.33 Å². The SMILES string of the molecule is [2H]C([2H])([2H])n1c(=O)c2[nH]cnc2[nH][13c]1=O. The summed E-state index contributed by atoms with van der Waals surface area (Å²) in [6.07, 6.45) is 1.20. The van der Waals surface area contributed by atoms with Gasteiger partial charge in [-0.3, -0.25) is 14.3 Å². The highest BCUT2D eigenvalue weighted by atomic mass is 16.2. The molecule has 0 aliphatic rings. The maximum atomic E-state index is 11.6. The number of hydrogen-bond acceptors (Lipinski definition) is 3. The molecule has 0 spiro atoms. The Bertz CT molecular complexity index is 620. The lowest BCUT2D eigenvalue weighted by atomic mass is 10.6. The zero-order valence-electron chi connectivity index (χ0n) is 8.79. The molecule has 2 aromatic heterocycles. The summed E-state index contributed by atoms with van der Waals surface area (Å²) in [5.41, 5.74) is -1.90. The van der Waals surface area contributed by atoms with Gasteiger partial charge in [-0.25, -0.2) is 9.78 Å². The monoisotopic (exact) mass is 170 g/mol. The van der Waals surface area contributed by atoms with Crippen LogP contribution in [0.4, 0.5) is 0 Å². The summed E-state index contributed by atoms with van der Waals surface area (Å²) in [6.45, 7) is -2.80. The summed E-state index contributed by atoms with van der Waals surface area (Å²) in [5, 5.41) is 0. The Labute approximate surface area is 70.1 Å². The van der Waals surface area contributed by atoms with Crippen LogP contribution in [0.1, 0.15) is 4.11 Å². The van der Waals surface area contributed by atoms with Crippen LogP contribution in [0, 0.1) is 0 Å². The van der Waals surface area contributed by atoms with Crippen LogP contribution in [-0.4, -0.2) is 19.5 Å². The Kier molecular flexibility index (Phi) is 0.731. The Hall–Kier alpha value is -1.85. The molecule has 0 fully saturated rings. The van der Waals surface area contributed by atoms with Gasteiger partial charge in [0, 0.05) is 11.1 Å². The van der Waals surface area contributed by atoms with Crippen LogP contribution in [0.5, 0.6) is 0 Å². The predicted octanol–water partition coefficient (Wildman–Crippen LogP) is -1.05. The van der Waals surface area contributed by atoms with Gasteiger partial charge in [0.25, 0.3) is 5.56 Å². The number of fused-ring (bicyclic) bond motifs is 1. The first-order valence-corrected chi connectivity index (χ1v) is 3.10. The van der Waals surface area contributed by atoms with Crippen molar-refractivity contribution in [1.82, 2.24) is 19.5 Å². The van der Waals surface area contributed by atoms with Crippen molar-refractivity contribution in [3.63, 3.8) is 0 Å². The molecule has 0 atom stereocenters. The largest absolute Gasteiger partial charge is 0.339 e. The number of nitrogens with one attached hydrogen (secondary N) is 2. The molecule has 0 radical (unpaired) electrons. The first-order valence-electron chi connectivity index (χ1n) is 4.60. The number of nitrogens with zero attached hydrogens (tertiary/aromatic N) is 2. The second-order valence-electron chi connectivity index (χ2n) is 2.20. The molecule has 2 N–H and O–H groups in total. The molecule has 0 aromatic carbocycles. The Morgan fingerprint density at radius 1 is 1.67 bits per heavy atom. The standard InChI is InChI=1S/C6H6N4O2/c1-10-5(11)3-4(8-2-7-3)9-6(10)12/h2H,1H3,(H,7,8)(H,9,12)/i1D3,6+1. The van der Waals surface area contributed by atoms with E-state index in [2.05, 4.69) is 15.0 Å². The van der Waals surface area contributed by atoms with E-state index < -0.39 is 18.2 Å². The average Bonchev–Trinajstić information content (AvgIpc) is 2.48. The molecular formula is C6H6N4O2. The molecule has 2 heterocycles. The lowest BCUT2D eigenvalue weighted by Crippen LogP contribution is -2.32. The number of hydrogen-bond donors (Lipinski definition) is 2. The number of aromatic nitrogens is 4. The van der Waals surface area contributed by atoms with Crippen molar-refractivity contribution >= 4 is 11.2 Å². The molecule has 62 valence electrons. The fraction of sp³-hybridized carbons (Fsp3) is 0.167. The second kappa shape index (κ2) is 2.07. The van der Waals surface area contributed by atoms with Gasteiger partial charge < -0.3 is 4.98 Å². The molecule has 2 aromatic rings. The van der Waals surface area contributed by atoms with Gasteiger partial charge in [0.05, 0.1) is 6.33 Å². The van der Waals surface area contributed by atoms with Gasteiger partial charge in [0.2, 0.25) is 0 Å². The fourth-order valence-electron chi connectivity index (χ4n) is 0.913. The molecule has 12 heavy (non-hydrogen) atoms. The molecule has 2 rings (SSSR count). The Balaban J connectivity index is 2.98. The quantitative estimate of drug-likeness (QED) is 0.529. The lowest BCUT2D eigenvalue weighted by Gasteiger charge is -1.93. The summed E-state index contributed by atoms with van der Waals surface area (Å²) >= 11 is 0. The van der Waals surface area contributed by atoms with Gasteiger partial charge in [-0.1, -0.05) is 0 Å². The van der Waals surface area contributed by atoms with Gasteiger partial charge in [0.1, 0.15) is 5.52 Å². The van der Waals surface area contributed by atoms with Crippen molar-refractivity contribution in [1.29, 1.82) is 0 Å². The maximum absolute atomic E-state index is 11.6. The summed E-state index contributed by atoms with van der Waals surface area (Å²) in [4.78, 5) is 31.2. The Morgan fingerprint density at radius 3 is 3.25 bits per heavy atom. The van der Waals surface area contributed by atoms with E-state index in [1.807, 2.05) is 0 Å². The average molecular weight is 170 g/mol. The highest BCUT2D eigenvalue weighted by molar-refractivity contribution is 5.67. The molecule has 0 aliphatic heterocycles. The zero-order chi connectivity index (χ0) is 11.2. The zero-order valence-corrected chi connectivity index (χ0v) is 5.79. The number of aromatic amines is 2. The first-order chi connectivity index (χ1) is 6.91. The van der Waals surface area contributed by atoms with E-state index in [9.17, 15) is 9.59 Å². The summed E-state index contributed by atoms with van der Waals surface area (Å²) in [6, 6.07) is 0. The lowest BCUT2D eigenvalue weighted by molar-refractivity contribution is 0.790. The van der Waals surface area contributed by atoms with Crippen LogP contribution < -0.4 is 11.2 Å². The van der Waals surface area contributed by atoms with Crippen LogP contribution in [0.15, 0.2) is 15.9 Å². The first kappa shape index (κ1) is 4.24. The molecule has 0 amide bonds. The summed E-state index contributed by atoms with van der Waals surface area (Å²) < 4.78 is 21.2. The van der Waals surface area contributed by atoms with E-state index >= 15 is 0 Å². The van der Waals surface area contributed by atoms with Gasteiger partial charge in [-0.05, 0) is 0 Å². The van der Waals surface area contributed by atoms with Crippen LogP contribution in [-0.2, 0) is 6.98 Å². The molecule has 0 aliphatic carbocycles. The van der Waals surface area contributed by atoms with Crippen molar-refractivity contribution in [3.05, 3.63) is 27.2 Å². The summed E-state index contributed by atoms with van der Waals surface area (Å²) in [5.74, 6) is 0. The van der Waals surface area contributed by atoms with Crippen LogP contribution in [0.3, 0.4) is 0 Å². The van der Waals surface area contributed by atoms with Crippen molar-refractivity contribution in [2.45, 2.75) is 0 Å². The minimum Gasteiger partial charge on any atom is -0.339 e. The Morgan fingerprint density at radius 2 is 2.50 bits per heavy atom. The maximum Gasteiger partial charge on any atom is 0.329 e. The van der Waals surface area contributed by atoms with Gasteiger partial charge in [0.15, 0.2) is 5.65 Å². The highest BCUT2D eigenvalue weighted by Crippen LogP contribution is 1.93. The molecule has 0 bridgehead atoms. The van der Waals surface area contributed by atoms with Crippen molar-refractivity contribution in [3.8, 4) is 0 Å². The molecular weight excluding hydrogens is 161 g/mol. The minimum absolute atomic E-state index is 0.0364. The van der Waals surface area contributed by atoms with Crippen LogP contribution in [0.2, 0.25) is 0 Å². The van der Waals surface area contributed by atoms with Crippen molar-refractivity contribution < 1.29 is 4.11 Å². The third kappa shape index (κ3) is 0.714. The normalized spacial score (nSPS) is 15.5. The predicted molar refractivity (Wildman–Crippen MR) is 42.0 cm³/mol. The van der Waals surface area contributed by atoms with E-state index in [0.29, 0.717) is 0 Å². The molecule has 6 heteroatoms. The topological polar surface area (TPSA) is 83.5 Å². The van der Waals surface area contributed by atoms with Gasteiger partial charge in [-0.2, -0.15) is 0 Å². The molecule has 0 saturated heterocycles. The van der Waals surface area contributed by atoms with Crippen LogP contribution >= 0.6 is 0 Å². The van der Waals surface area contributed by atoms with E-state index in [-0.39, 0.29) is 15.7 Å². The number of H-pyrrole nitrogens is 2. The van der Waals surface area contributed by atoms with Crippen LogP contribution in [0.25, 0.3) is 11.2 Å². The number of rotatable bonds is 0. The van der Waals surface area contributed by atoms with Gasteiger partial charge >= 0.3 is 5.69 Å². The molecule has 0 unspecified atom stereocenters. The third-order valence-electron chi connectivity index (χ3n) is 1.48. The van der Waals surface area contributed by atoms with Crippen molar-refractivity contribution in [2.24, 2.45) is 6.98 Å². The minimum atomic E-state index is -2.80. The molecule has 0 saturated carbocycles. The van der Waals surface area contributed by atoms with E-state index in [0.717, 1.165) is 0 Å². The summed E-state index contributed by atoms with van der Waals surface area (Å²) in [7, 11) is 0. The van der Waals surface area contributed by atoms with E-state index in [4.69, 9.17) is 4.11 Å². The molecule has 6 nitrogen and oxygen atoms in total. The van der Waals surface area contributed by atoms with Crippen molar-refractivity contribution in [2.75, 3.05) is 0 Å². The van der Waals surface area contributed by atoms with E-state index in [1.54, 1.807) is 0 Å². The number of imidazole rings is 1.